The third kappa shape index (κ3) is 14.8. The Balaban J connectivity index is 2.53. The maximum absolute atomic E-state index is 6.77. The molecule has 0 amide bonds. The van der Waals surface area contributed by atoms with Crippen molar-refractivity contribution in [2.75, 3.05) is 45.8 Å². The van der Waals surface area contributed by atoms with Crippen LogP contribution >= 0.6 is 0 Å². The van der Waals surface area contributed by atoms with Crippen molar-refractivity contribution < 1.29 is 0 Å². The van der Waals surface area contributed by atoms with E-state index in [1.54, 1.807) is 0 Å². The maximum atomic E-state index is 6.77. The van der Waals surface area contributed by atoms with Gasteiger partial charge in [-0.2, -0.15) is 0 Å². The molecule has 2 N–H and O–H groups in total. The number of piperidine rings is 1. The SMILES string of the molecule is CCCCN(CCCC)CCCCC(CCC(N)N(CCCC)CCCC)N1CCCCC1. The number of nitrogens with two attached hydrogens (primary N) is 1. The van der Waals surface area contributed by atoms with Crippen LogP contribution in [0, 0.1) is 0 Å². The van der Waals surface area contributed by atoms with Gasteiger partial charge in [0.25, 0.3) is 0 Å². The first-order valence-electron chi connectivity index (χ1n) is 15.1. The zero-order valence-corrected chi connectivity index (χ0v) is 23.3. The van der Waals surface area contributed by atoms with Gasteiger partial charge < -0.3 is 15.5 Å². The monoisotopic (exact) mass is 466 g/mol. The van der Waals surface area contributed by atoms with Gasteiger partial charge in [-0.15, -0.1) is 0 Å². The van der Waals surface area contributed by atoms with Crippen molar-refractivity contribution in [3.8, 4) is 0 Å². The van der Waals surface area contributed by atoms with Crippen molar-refractivity contribution in [1.82, 2.24) is 14.7 Å². The predicted octanol–water partition coefficient (Wildman–Crippen LogP) is 6.88. The maximum Gasteiger partial charge on any atom is 0.0572 e. The average molecular weight is 467 g/mol. The quantitative estimate of drug-likeness (QED) is 0.139. The zero-order chi connectivity index (χ0) is 24.2. The van der Waals surface area contributed by atoms with Crippen molar-refractivity contribution in [3.05, 3.63) is 0 Å². The molecule has 0 spiro atoms. The fourth-order valence-electron chi connectivity index (χ4n) is 5.32. The lowest BCUT2D eigenvalue weighted by Gasteiger charge is -2.36. The second-order valence-electron chi connectivity index (χ2n) is 10.7. The molecule has 1 rings (SSSR count). The molecular weight excluding hydrogens is 404 g/mol. The third-order valence-corrected chi connectivity index (χ3v) is 7.69. The second kappa shape index (κ2) is 21.1. The summed E-state index contributed by atoms with van der Waals surface area (Å²) in [6, 6.07) is 0.746. The molecule has 4 heteroatoms. The van der Waals surface area contributed by atoms with Gasteiger partial charge in [0.2, 0.25) is 0 Å². The van der Waals surface area contributed by atoms with E-state index in [9.17, 15) is 0 Å². The van der Waals surface area contributed by atoms with Crippen molar-refractivity contribution in [3.63, 3.8) is 0 Å². The molecule has 0 saturated carbocycles. The highest BCUT2D eigenvalue weighted by molar-refractivity contribution is 4.78. The Morgan fingerprint density at radius 1 is 0.606 bits per heavy atom. The molecular formula is C29H62N4. The summed E-state index contributed by atoms with van der Waals surface area (Å²) in [5.41, 5.74) is 6.77. The Hall–Kier alpha value is -0.160. The Morgan fingerprint density at radius 2 is 1.12 bits per heavy atom. The van der Waals surface area contributed by atoms with Gasteiger partial charge in [0.1, 0.15) is 0 Å². The van der Waals surface area contributed by atoms with Crippen LogP contribution in [0.4, 0.5) is 0 Å². The summed E-state index contributed by atoms with van der Waals surface area (Å²) in [6.45, 7) is 18.1. The van der Waals surface area contributed by atoms with Crippen molar-refractivity contribution in [1.29, 1.82) is 0 Å². The Morgan fingerprint density at radius 3 is 1.67 bits per heavy atom. The fraction of sp³-hybridized carbons (Fsp3) is 1.00. The van der Waals surface area contributed by atoms with Gasteiger partial charge in [0, 0.05) is 6.04 Å². The molecule has 2 atom stereocenters. The summed E-state index contributed by atoms with van der Waals surface area (Å²) in [5.74, 6) is 0. The van der Waals surface area contributed by atoms with Crippen molar-refractivity contribution >= 4 is 0 Å². The predicted molar refractivity (Wildman–Crippen MR) is 148 cm³/mol. The van der Waals surface area contributed by atoms with E-state index in [-0.39, 0.29) is 6.17 Å². The third-order valence-electron chi connectivity index (χ3n) is 7.69. The van der Waals surface area contributed by atoms with Crippen LogP contribution in [0.2, 0.25) is 0 Å². The molecule has 0 aromatic heterocycles. The van der Waals surface area contributed by atoms with Crippen LogP contribution in [-0.2, 0) is 0 Å². The van der Waals surface area contributed by atoms with Gasteiger partial charge >= 0.3 is 0 Å². The molecule has 1 saturated heterocycles. The molecule has 1 aliphatic heterocycles. The summed E-state index contributed by atoms with van der Waals surface area (Å²) in [5, 5.41) is 0. The molecule has 0 aromatic rings. The van der Waals surface area contributed by atoms with E-state index in [1.807, 2.05) is 0 Å². The minimum Gasteiger partial charge on any atom is -0.316 e. The van der Waals surface area contributed by atoms with Gasteiger partial charge in [-0.05, 0) is 110 Å². The first-order chi connectivity index (χ1) is 16.2. The van der Waals surface area contributed by atoms with Gasteiger partial charge in [0.05, 0.1) is 6.17 Å². The number of nitrogens with zero attached hydrogens (tertiary/aromatic N) is 3. The molecule has 2 unspecified atom stereocenters. The molecule has 1 fully saturated rings. The first kappa shape index (κ1) is 30.9. The molecule has 0 aliphatic carbocycles. The summed E-state index contributed by atoms with van der Waals surface area (Å²) in [7, 11) is 0. The van der Waals surface area contributed by atoms with Crippen LogP contribution in [-0.4, -0.2) is 72.7 Å². The summed E-state index contributed by atoms with van der Waals surface area (Å²) in [4.78, 5) is 8.14. The number of rotatable bonds is 22. The Labute approximate surface area is 209 Å². The molecule has 1 heterocycles. The van der Waals surface area contributed by atoms with E-state index < -0.39 is 0 Å². The van der Waals surface area contributed by atoms with Crippen LogP contribution < -0.4 is 5.73 Å². The van der Waals surface area contributed by atoms with Gasteiger partial charge in [0.15, 0.2) is 0 Å². The van der Waals surface area contributed by atoms with Gasteiger partial charge in [-0.25, -0.2) is 0 Å². The van der Waals surface area contributed by atoms with E-state index in [2.05, 4.69) is 42.4 Å². The zero-order valence-electron chi connectivity index (χ0n) is 23.3. The minimum absolute atomic E-state index is 0.244. The smallest absolute Gasteiger partial charge is 0.0572 e. The largest absolute Gasteiger partial charge is 0.316 e. The summed E-state index contributed by atoms with van der Waals surface area (Å²) < 4.78 is 0. The normalized spacial score (nSPS) is 17.2. The molecule has 0 aromatic carbocycles. The van der Waals surface area contributed by atoms with Crippen molar-refractivity contribution in [2.45, 2.75) is 143 Å². The molecule has 198 valence electrons. The highest BCUT2D eigenvalue weighted by Gasteiger charge is 2.22. The van der Waals surface area contributed by atoms with E-state index in [0.29, 0.717) is 0 Å². The van der Waals surface area contributed by atoms with Gasteiger partial charge in [-0.1, -0.05) is 66.2 Å². The summed E-state index contributed by atoms with van der Waals surface area (Å²) >= 11 is 0. The number of hydrogen-bond donors (Lipinski definition) is 1. The first-order valence-corrected chi connectivity index (χ1v) is 15.1. The number of likely N-dealkylation sites (tertiary alicyclic amines) is 1. The Bertz CT molecular complexity index is 394. The van der Waals surface area contributed by atoms with Crippen LogP contribution in [0.25, 0.3) is 0 Å². The molecule has 4 nitrogen and oxygen atoms in total. The van der Waals surface area contributed by atoms with Crippen molar-refractivity contribution in [2.24, 2.45) is 5.73 Å². The Kier molecular flexibility index (Phi) is 19.8. The van der Waals surface area contributed by atoms with Gasteiger partial charge in [-0.3, -0.25) is 4.90 Å². The van der Waals surface area contributed by atoms with E-state index in [1.165, 1.54) is 142 Å². The van der Waals surface area contributed by atoms with Crippen LogP contribution in [0.1, 0.15) is 130 Å². The van der Waals surface area contributed by atoms with Crippen LogP contribution in [0.5, 0.6) is 0 Å². The van der Waals surface area contributed by atoms with E-state index in [4.69, 9.17) is 5.73 Å². The molecule has 33 heavy (non-hydrogen) atoms. The number of unbranched alkanes of at least 4 members (excludes halogenated alkanes) is 5. The fourth-order valence-corrected chi connectivity index (χ4v) is 5.32. The lowest BCUT2D eigenvalue weighted by molar-refractivity contribution is 0.122. The lowest BCUT2D eigenvalue weighted by atomic mass is 9.98. The molecule has 1 aliphatic rings. The highest BCUT2D eigenvalue weighted by atomic mass is 15.2. The topological polar surface area (TPSA) is 35.7 Å². The molecule has 0 bridgehead atoms. The van der Waals surface area contributed by atoms with E-state index >= 15 is 0 Å². The standard InChI is InChI=1S/C29H62N4/c1-5-9-21-31(22-10-6-2)23-17-14-18-28(32-26-15-13-16-27-32)19-20-29(30)33(24-11-7-3)25-12-8-4/h28-29H,5-27,30H2,1-4H3. The summed E-state index contributed by atoms with van der Waals surface area (Å²) in [6.07, 6.45) is 21.4. The molecule has 0 radical (unpaired) electrons. The minimum atomic E-state index is 0.244. The number of hydrogen-bond acceptors (Lipinski definition) is 4. The second-order valence-corrected chi connectivity index (χ2v) is 10.7. The average Bonchev–Trinajstić information content (AvgIpc) is 2.85. The highest BCUT2D eigenvalue weighted by Crippen LogP contribution is 2.21. The van der Waals surface area contributed by atoms with Crippen LogP contribution in [0.3, 0.4) is 0 Å². The van der Waals surface area contributed by atoms with Crippen LogP contribution in [0.15, 0.2) is 0 Å². The lowest BCUT2D eigenvalue weighted by Crippen LogP contribution is -2.45. The van der Waals surface area contributed by atoms with E-state index in [0.717, 1.165) is 12.5 Å².